The standard InChI is InChI=1S/C13H17BrFNO/c1-17-12-9(14)5-6-10(15)11(12)13(16)7-3-2-4-8-13/h5-6H,2-4,7-8,16H2,1H3. The summed E-state index contributed by atoms with van der Waals surface area (Å²) < 4.78 is 20.1. The highest BCUT2D eigenvalue weighted by molar-refractivity contribution is 9.10. The molecule has 1 fully saturated rings. The van der Waals surface area contributed by atoms with Gasteiger partial charge >= 0.3 is 0 Å². The molecule has 0 bridgehead atoms. The molecule has 0 spiro atoms. The monoisotopic (exact) mass is 301 g/mol. The van der Waals surface area contributed by atoms with Crippen molar-refractivity contribution in [3.8, 4) is 5.75 Å². The molecule has 0 radical (unpaired) electrons. The molecule has 2 N–H and O–H groups in total. The maximum absolute atomic E-state index is 14.1. The molecule has 2 nitrogen and oxygen atoms in total. The van der Waals surface area contributed by atoms with Crippen LogP contribution in [0.3, 0.4) is 0 Å². The molecule has 1 saturated carbocycles. The second-order valence-electron chi connectivity index (χ2n) is 4.65. The molecule has 0 heterocycles. The number of halogens is 2. The summed E-state index contributed by atoms with van der Waals surface area (Å²) >= 11 is 3.39. The van der Waals surface area contributed by atoms with Gasteiger partial charge in [-0.25, -0.2) is 4.39 Å². The third-order valence-corrected chi connectivity index (χ3v) is 4.13. The molecule has 94 valence electrons. The van der Waals surface area contributed by atoms with Gasteiger partial charge in [0.25, 0.3) is 0 Å². The van der Waals surface area contributed by atoms with Crippen molar-refractivity contribution in [1.29, 1.82) is 0 Å². The van der Waals surface area contributed by atoms with E-state index in [1.54, 1.807) is 13.2 Å². The maximum Gasteiger partial charge on any atom is 0.141 e. The predicted octanol–water partition coefficient (Wildman–Crippen LogP) is 3.71. The first-order valence-corrected chi connectivity index (χ1v) is 6.69. The first kappa shape index (κ1) is 12.8. The number of methoxy groups -OCH3 is 1. The summed E-state index contributed by atoms with van der Waals surface area (Å²) in [6, 6.07) is 3.11. The van der Waals surface area contributed by atoms with Crippen LogP contribution in [0.4, 0.5) is 4.39 Å². The largest absolute Gasteiger partial charge is 0.495 e. The van der Waals surface area contributed by atoms with Crippen LogP contribution in [-0.2, 0) is 5.54 Å². The Morgan fingerprint density at radius 1 is 1.29 bits per heavy atom. The lowest BCUT2D eigenvalue weighted by Gasteiger charge is -2.35. The topological polar surface area (TPSA) is 35.2 Å². The molecule has 0 atom stereocenters. The van der Waals surface area contributed by atoms with E-state index in [4.69, 9.17) is 10.5 Å². The van der Waals surface area contributed by atoms with E-state index in [0.717, 1.165) is 30.2 Å². The van der Waals surface area contributed by atoms with E-state index in [1.807, 2.05) is 0 Å². The lowest BCUT2D eigenvalue weighted by atomic mass is 9.77. The van der Waals surface area contributed by atoms with Crippen LogP contribution in [0.1, 0.15) is 37.7 Å². The fourth-order valence-electron chi connectivity index (χ4n) is 2.63. The van der Waals surface area contributed by atoms with E-state index in [9.17, 15) is 4.39 Å². The average Bonchev–Trinajstić information content (AvgIpc) is 2.32. The van der Waals surface area contributed by atoms with Gasteiger partial charge in [-0.05, 0) is 40.9 Å². The summed E-state index contributed by atoms with van der Waals surface area (Å²) in [4.78, 5) is 0. The summed E-state index contributed by atoms with van der Waals surface area (Å²) in [6.07, 6.45) is 4.90. The fraction of sp³-hybridized carbons (Fsp3) is 0.538. The van der Waals surface area contributed by atoms with Crippen molar-refractivity contribution in [3.05, 3.63) is 28.0 Å². The molecule has 1 aromatic carbocycles. The Morgan fingerprint density at radius 2 is 1.94 bits per heavy atom. The molecule has 0 aliphatic heterocycles. The van der Waals surface area contributed by atoms with Crippen LogP contribution in [0.15, 0.2) is 16.6 Å². The fourth-order valence-corrected chi connectivity index (χ4v) is 3.12. The molecule has 4 heteroatoms. The van der Waals surface area contributed by atoms with Gasteiger partial charge < -0.3 is 10.5 Å². The Bertz CT molecular complexity index is 416. The number of hydrogen-bond donors (Lipinski definition) is 1. The first-order valence-electron chi connectivity index (χ1n) is 5.90. The van der Waals surface area contributed by atoms with Crippen LogP contribution in [0.25, 0.3) is 0 Å². The zero-order valence-electron chi connectivity index (χ0n) is 9.93. The summed E-state index contributed by atoms with van der Waals surface area (Å²) in [5.41, 5.74) is 6.32. The molecule has 1 aromatic rings. The van der Waals surface area contributed by atoms with E-state index in [2.05, 4.69) is 15.9 Å². The number of ether oxygens (including phenoxy) is 1. The normalized spacial score (nSPS) is 19.1. The number of rotatable bonds is 2. The van der Waals surface area contributed by atoms with Gasteiger partial charge in [-0.1, -0.05) is 19.3 Å². The second-order valence-corrected chi connectivity index (χ2v) is 5.51. The van der Waals surface area contributed by atoms with E-state index in [-0.39, 0.29) is 5.82 Å². The van der Waals surface area contributed by atoms with Gasteiger partial charge in [0.1, 0.15) is 11.6 Å². The van der Waals surface area contributed by atoms with Crippen molar-refractivity contribution in [3.63, 3.8) is 0 Å². The number of nitrogens with two attached hydrogens (primary N) is 1. The van der Waals surface area contributed by atoms with Gasteiger partial charge in [0.2, 0.25) is 0 Å². The quantitative estimate of drug-likeness (QED) is 0.903. The molecule has 0 saturated heterocycles. The van der Waals surface area contributed by atoms with Crippen LogP contribution in [0.2, 0.25) is 0 Å². The van der Waals surface area contributed by atoms with E-state index < -0.39 is 5.54 Å². The summed E-state index contributed by atoms with van der Waals surface area (Å²) in [6.45, 7) is 0. The van der Waals surface area contributed by atoms with Gasteiger partial charge in [-0.2, -0.15) is 0 Å². The van der Waals surface area contributed by atoms with Crippen LogP contribution >= 0.6 is 15.9 Å². The Morgan fingerprint density at radius 3 is 2.53 bits per heavy atom. The number of hydrogen-bond acceptors (Lipinski definition) is 2. The molecule has 17 heavy (non-hydrogen) atoms. The van der Waals surface area contributed by atoms with Crippen LogP contribution in [0.5, 0.6) is 5.75 Å². The van der Waals surface area contributed by atoms with Gasteiger partial charge in [0.15, 0.2) is 0 Å². The van der Waals surface area contributed by atoms with E-state index >= 15 is 0 Å². The van der Waals surface area contributed by atoms with Gasteiger partial charge in [0, 0.05) is 5.54 Å². The smallest absolute Gasteiger partial charge is 0.141 e. The van der Waals surface area contributed by atoms with Crippen LogP contribution in [-0.4, -0.2) is 7.11 Å². The minimum Gasteiger partial charge on any atom is -0.495 e. The minimum absolute atomic E-state index is 0.269. The van der Waals surface area contributed by atoms with Crippen molar-refractivity contribution in [2.75, 3.05) is 7.11 Å². The zero-order valence-corrected chi connectivity index (χ0v) is 11.5. The molecule has 2 rings (SSSR count). The van der Waals surface area contributed by atoms with E-state index in [0.29, 0.717) is 11.3 Å². The lowest BCUT2D eigenvalue weighted by molar-refractivity contribution is 0.278. The van der Waals surface area contributed by atoms with Crippen molar-refractivity contribution >= 4 is 15.9 Å². The molecule has 1 aliphatic carbocycles. The minimum atomic E-state index is -0.586. The molecular formula is C13H17BrFNO. The van der Waals surface area contributed by atoms with Gasteiger partial charge in [-0.3, -0.25) is 0 Å². The third kappa shape index (κ3) is 2.33. The van der Waals surface area contributed by atoms with Gasteiger partial charge in [0.05, 0.1) is 17.1 Å². The molecular weight excluding hydrogens is 285 g/mol. The van der Waals surface area contributed by atoms with Crippen LogP contribution in [0, 0.1) is 5.82 Å². The van der Waals surface area contributed by atoms with Gasteiger partial charge in [-0.15, -0.1) is 0 Å². The Kier molecular flexibility index (Phi) is 3.73. The van der Waals surface area contributed by atoms with Crippen LogP contribution < -0.4 is 10.5 Å². The Hall–Kier alpha value is -0.610. The summed E-state index contributed by atoms with van der Waals surface area (Å²) in [5, 5.41) is 0. The predicted molar refractivity (Wildman–Crippen MR) is 69.6 cm³/mol. The number of benzene rings is 1. The molecule has 0 unspecified atom stereocenters. The summed E-state index contributed by atoms with van der Waals surface area (Å²) in [5.74, 6) is 0.267. The second kappa shape index (κ2) is 4.94. The molecule has 0 amide bonds. The van der Waals surface area contributed by atoms with Crippen molar-refractivity contribution in [2.24, 2.45) is 5.73 Å². The highest BCUT2D eigenvalue weighted by Crippen LogP contribution is 2.43. The first-order chi connectivity index (χ1) is 8.08. The summed E-state index contributed by atoms with van der Waals surface area (Å²) in [7, 11) is 1.55. The Labute approximate surface area is 109 Å². The maximum atomic E-state index is 14.1. The highest BCUT2D eigenvalue weighted by Gasteiger charge is 2.35. The zero-order chi connectivity index (χ0) is 12.5. The van der Waals surface area contributed by atoms with Crippen molar-refractivity contribution in [1.82, 2.24) is 0 Å². The SMILES string of the molecule is COc1c(Br)ccc(F)c1C1(N)CCCCC1. The molecule has 1 aliphatic rings. The third-order valence-electron chi connectivity index (χ3n) is 3.51. The molecule has 0 aromatic heterocycles. The van der Waals surface area contributed by atoms with E-state index in [1.165, 1.54) is 12.5 Å². The Balaban J connectivity index is 2.52. The lowest BCUT2D eigenvalue weighted by Crippen LogP contribution is -2.39. The van der Waals surface area contributed by atoms with Crippen molar-refractivity contribution in [2.45, 2.75) is 37.6 Å². The van der Waals surface area contributed by atoms with Crippen molar-refractivity contribution < 1.29 is 9.13 Å². The average molecular weight is 302 g/mol. The highest BCUT2D eigenvalue weighted by atomic mass is 79.9.